The summed E-state index contributed by atoms with van der Waals surface area (Å²) < 4.78 is 39.0. The van der Waals surface area contributed by atoms with Crippen molar-refractivity contribution >= 4 is 5.91 Å². The lowest BCUT2D eigenvalue weighted by atomic mass is 9.65. The number of amides is 1. The molecule has 2 fully saturated rings. The van der Waals surface area contributed by atoms with Crippen molar-refractivity contribution in [3.63, 3.8) is 0 Å². The molecule has 3 rings (SSSR count). The smallest absolute Gasteiger partial charge is 0.356 e. The summed E-state index contributed by atoms with van der Waals surface area (Å²) in [6.45, 7) is 0.226. The van der Waals surface area contributed by atoms with Gasteiger partial charge in [-0.05, 0) is 55.6 Å². The number of benzene rings is 1. The van der Waals surface area contributed by atoms with E-state index in [0.29, 0.717) is 11.8 Å². The third-order valence-corrected chi connectivity index (χ3v) is 5.80. The van der Waals surface area contributed by atoms with Crippen molar-refractivity contribution in [2.45, 2.75) is 50.7 Å². The number of carbonyl (C=O) groups is 1. The molecule has 3 nitrogen and oxygen atoms in total. The summed E-state index contributed by atoms with van der Waals surface area (Å²) >= 11 is 0. The Hall–Kier alpha value is -1.56. The van der Waals surface area contributed by atoms with Crippen LogP contribution >= 0.6 is 0 Å². The first-order valence-corrected chi connectivity index (χ1v) is 9.04. The summed E-state index contributed by atoms with van der Waals surface area (Å²) in [5, 5.41) is 2.84. The molecule has 1 aromatic carbocycles. The van der Waals surface area contributed by atoms with Crippen LogP contribution in [0.2, 0.25) is 0 Å². The van der Waals surface area contributed by atoms with Crippen molar-refractivity contribution in [2.24, 2.45) is 23.5 Å². The maximum atomic E-state index is 13.0. The largest absolute Gasteiger partial charge is 0.416 e. The van der Waals surface area contributed by atoms with E-state index in [1.54, 1.807) is 6.07 Å². The van der Waals surface area contributed by atoms with Crippen molar-refractivity contribution in [3.05, 3.63) is 35.4 Å². The van der Waals surface area contributed by atoms with Crippen LogP contribution in [0.15, 0.2) is 24.3 Å². The highest BCUT2D eigenvalue weighted by Gasteiger charge is 2.40. The van der Waals surface area contributed by atoms with Gasteiger partial charge in [0.1, 0.15) is 0 Å². The van der Waals surface area contributed by atoms with E-state index in [4.69, 9.17) is 5.73 Å². The summed E-state index contributed by atoms with van der Waals surface area (Å²) in [7, 11) is 0. The normalized spacial score (nSPS) is 29.3. The monoisotopic (exact) mass is 354 g/mol. The Bertz CT molecular complexity index is 603. The van der Waals surface area contributed by atoms with Crippen LogP contribution in [-0.4, -0.2) is 18.5 Å². The van der Waals surface area contributed by atoms with E-state index in [-0.39, 0.29) is 36.4 Å². The molecule has 3 N–H and O–H groups in total. The summed E-state index contributed by atoms with van der Waals surface area (Å²) in [4.78, 5) is 12.4. The molecule has 0 aliphatic heterocycles. The minimum Gasteiger partial charge on any atom is -0.356 e. The van der Waals surface area contributed by atoms with E-state index in [9.17, 15) is 18.0 Å². The Morgan fingerprint density at radius 2 is 1.80 bits per heavy atom. The van der Waals surface area contributed by atoms with Crippen molar-refractivity contribution in [1.82, 2.24) is 5.32 Å². The molecule has 0 radical (unpaired) electrons. The number of halogens is 3. The van der Waals surface area contributed by atoms with Crippen LogP contribution in [0.3, 0.4) is 0 Å². The van der Waals surface area contributed by atoms with E-state index in [0.717, 1.165) is 31.7 Å². The fraction of sp³-hybridized carbons (Fsp3) is 0.632. The van der Waals surface area contributed by atoms with Gasteiger partial charge in [0.05, 0.1) is 5.56 Å². The molecular formula is C19H25F3N2O. The Morgan fingerprint density at radius 1 is 1.16 bits per heavy atom. The molecule has 6 heteroatoms. The van der Waals surface area contributed by atoms with Crippen molar-refractivity contribution in [2.75, 3.05) is 6.54 Å². The highest BCUT2D eigenvalue weighted by molar-refractivity contribution is 5.78. The lowest BCUT2D eigenvalue weighted by molar-refractivity contribution is -0.138. The van der Waals surface area contributed by atoms with E-state index in [1.165, 1.54) is 18.6 Å². The van der Waals surface area contributed by atoms with E-state index in [2.05, 4.69) is 5.32 Å². The van der Waals surface area contributed by atoms with Gasteiger partial charge < -0.3 is 11.1 Å². The highest BCUT2D eigenvalue weighted by atomic mass is 19.4. The Kier molecular flexibility index (Phi) is 5.37. The molecule has 25 heavy (non-hydrogen) atoms. The second-order valence-corrected chi connectivity index (χ2v) is 7.39. The van der Waals surface area contributed by atoms with Crippen LogP contribution in [0.4, 0.5) is 13.2 Å². The fourth-order valence-corrected chi connectivity index (χ4v) is 4.48. The van der Waals surface area contributed by atoms with Gasteiger partial charge >= 0.3 is 6.18 Å². The average Bonchev–Trinajstić information content (AvgIpc) is 2.54. The first-order valence-electron chi connectivity index (χ1n) is 9.04. The quantitative estimate of drug-likeness (QED) is 0.869. The number of carbonyl (C=O) groups excluding carboxylic acids is 1. The van der Waals surface area contributed by atoms with Crippen molar-refractivity contribution in [3.8, 4) is 0 Å². The standard InChI is InChI=1S/C19H25F3N2O/c20-19(21,22)16-7-2-1-4-12(16)8-9-24-18(25)15-10-13-5-3-6-14(11-15)17(13)23/h1-2,4,7,13-15,17H,3,5-6,8-11,23H2,(H,24,25). The van der Waals surface area contributed by atoms with Gasteiger partial charge in [0, 0.05) is 18.5 Å². The molecule has 2 aliphatic rings. The Balaban J connectivity index is 1.54. The van der Waals surface area contributed by atoms with Gasteiger partial charge in [-0.3, -0.25) is 4.79 Å². The fourth-order valence-electron chi connectivity index (χ4n) is 4.48. The van der Waals surface area contributed by atoms with Crippen LogP contribution in [-0.2, 0) is 17.4 Å². The minimum atomic E-state index is -4.36. The number of fused-ring (bicyclic) bond motifs is 2. The van der Waals surface area contributed by atoms with Crippen LogP contribution in [0.25, 0.3) is 0 Å². The number of nitrogens with one attached hydrogen (secondary N) is 1. The zero-order valence-corrected chi connectivity index (χ0v) is 14.2. The van der Waals surface area contributed by atoms with Gasteiger partial charge in [-0.1, -0.05) is 24.6 Å². The molecule has 0 spiro atoms. The molecule has 1 aromatic rings. The van der Waals surface area contributed by atoms with Gasteiger partial charge in [0.25, 0.3) is 0 Å². The predicted molar refractivity (Wildman–Crippen MR) is 89.7 cm³/mol. The van der Waals surface area contributed by atoms with Crippen molar-refractivity contribution < 1.29 is 18.0 Å². The molecule has 2 saturated carbocycles. The average molecular weight is 354 g/mol. The molecular weight excluding hydrogens is 329 g/mol. The third-order valence-electron chi connectivity index (χ3n) is 5.80. The topological polar surface area (TPSA) is 55.1 Å². The zero-order chi connectivity index (χ0) is 18.0. The second kappa shape index (κ2) is 7.36. The molecule has 138 valence electrons. The number of hydrogen-bond donors (Lipinski definition) is 2. The molecule has 0 heterocycles. The maximum Gasteiger partial charge on any atom is 0.416 e. The molecule has 2 unspecified atom stereocenters. The van der Waals surface area contributed by atoms with Crippen molar-refractivity contribution in [1.29, 1.82) is 0 Å². The van der Waals surface area contributed by atoms with Gasteiger partial charge in [-0.25, -0.2) is 0 Å². The minimum absolute atomic E-state index is 0.0340. The summed E-state index contributed by atoms with van der Waals surface area (Å²) in [5.41, 5.74) is 5.84. The predicted octanol–water partition coefficient (Wildman–Crippen LogP) is 3.52. The van der Waals surface area contributed by atoms with E-state index in [1.807, 2.05) is 0 Å². The molecule has 1 amide bonds. The summed E-state index contributed by atoms with van der Waals surface area (Å²) in [6.07, 6.45) is 0.787. The third kappa shape index (κ3) is 4.17. The SMILES string of the molecule is NC1C2CCCC1CC(C(=O)NCCc1ccccc1C(F)(F)F)C2. The van der Waals surface area contributed by atoms with Gasteiger partial charge in [0.15, 0.2) is 0 Å². The number of nitrogens with two attached hydrogens (primary N) is 1. The van der Waals surface area contributed by atoms with Gasteiger partial charge in [0.2, 0.25) is 5.91 Å². The van der Waals surface area contributed by atoms with Crippen LogP contribution in [0.5, 0.6) is 0 Å². The second-order valence-electron chi connectivity index (χ2n) is 7.39. The molecule has 2 aliphatic carbocycles. The first-order chi connectivity index (χ1) is 11.9. The van der Waals surface area contributed by atoms with Crippen LogP contribution in [0.1, 0.15) is 43.2 Å². The zero-order valence-electron chi connectivity index (χ0n) is 14.2. The highest BCUT2D eigenvalue weighted by Crippen LogP contribution is 2.41. The lowest BCUT2D eigenvalue weighted by Gasteiger charge is -2.43. The van der Waals surface area contributed by atoms with E-state index < -0.39 is 11.7 Å². The maximum absolute atomic E-state index is 13.0. The molecule has 2 atom stereocenters. The summed E-state index contributed by atoms with van der Waals surface area (Å²) in [5.74, 6) is 0.740. The molecule has 2 bridgehead atoms. The van der Waals surface area contributed by atoms with Crippen LogP contribution < -0.4 is 11.1 Å². The van der Waals surface area contributed by atoms with Gasteiger partial charge in [-0.15, -0.1) is 0 Å². The number of alkyl halides is 3. The number of hydrogen-bond acceptors (Lipinski definition) is 2. The van der Waals surface area contributed by atoms with Crippen LogP contribution in [0, 0.1) is 17.8 Å². The first kappa shape index (κ1) is 18.2. The Morgan fingerprint density at radius 3 is 2.44 bits per heavy atom. The Labute approximate surface area is 146 Å². The van der Waals surface area contributed by atoms with E-state index >= 15 is 0 Å². The number of rotatable bonds is 4. The van der Waals surface area contributed by atoms with Gasteiger partial charge in [-0.2, -0.15) is 13.2 Å². The lowest BCUT2D eigenvalue weighted by Crippen LogP contribution is -2.49. The molecule has 0 aromatic heterocycles. The molecule has 0 saturated heterocycles. The summed E-state index contributed by atoms with van der Waals surface area (Å²) in [6, 6.07) is 5.74.